The molecule has 0 unspecified atom stereocenters. The lowest BCUT2D eigenvalue weighted by Gasteiger charge is -2.00. The summed E-state index contributed by atoms with van der Waals surface area (Å²) in [6.45, 7) is 0. The van der Waals surface area contributed by atoms with Crippen LogP contribution >= 0.6 is 11.6 Å². The molecule has 18 heavy (non-hydrogen) atoms. The van der Waals surface area contributed by atoms with Crippen LogP contribution < -0.4 is 4.74 Å². The van der Waals surface area contributed by atoms with Gasteiger partial charge in [-0.05, 0) is 35.9 Å². The lowest BCUT2D eigenvalue weighted by Crippen LogP contribution is -2.03. The Morgan fingerprint density at radius 1 is 1.00 bits per heavy atom. The van der Waals surface area contributed by atoms with E-state index in [1.807, 2.05) is 30.3 Å². The number of rotatable bonds is 3. The maximum absolute atomic E-state index is 11.5. The van der Waals surface area contributed by atoms with Crippen LogP contribution in [0.3, 0.4) is 0 Å². The number of carbonyl (C=O) groups excluding carboxylic acids is 1. The molecule has 0 aliphatic carbocycles. The fraction of sp³-hybridized carbons (Fsp3) is 0. The summed E-state index contributed by atoms with van der Waals surface area (Å²) in [5.74, 6) is 0.0586. The molecule has 90 valence electrons. The van der Waals surface area contributed by atoms with Crippen LogP contribution in [0, 0.1) is 0 Å². The van der Waals surface area contributed by atoms with Crippen LogP contribution in [0.5, 0.6) is 5.75 Å². The second-order valence-electron chi connectivity index (χ2n) is 3.62. The van der Waals surface area contributed by atoms with Crippen molar-refractivity contribution in [3.05, 3.63) is 71.3 Å². The average molecular weight is 259 g/mol. The van der Waals surface area contributed by atoms with Crippen molar-refractivity contribution in [1.29, 1.82) is 0 Å². The molecule has 0 N–H and O–H groups in total. The van der Waals surface area contributed by atoms with Gasteiger partial charge in [0.1, 0.15) is 5.75 Å². The van der Waals surface area contributed by atoms with Crippen LogP contribution in [0.2, 0.25) is 5.02 Å². The monoisotopic (exact) mass is 258 g/mol. The van der Waals surface area contributed by atoms with E-state index in [1.165, 1.54) is 6.08 Å². The van der Waals surface area contributed by atoms with Crippen molar-refractivity contribution in [2.75, 3.05) is 0 Å². The van der Waals surface area contributed by atoms with E-state index in [0.29, 0.717) is 10.8 Å². The second-order valence-corrected chi connectivity index (χ2v) is 4.06. The number of ether oxygens (including phenoxy) is 1. The molecule has 0 aliphatic rings. The third kappa shape index (κ3) is 3.75. The molecular formula is C15H11ClO2. The van der Waals surface area contributed by atoms with Gasteiger partial charge in [0.15, 0.2) is 0 Å². The predicted octanol–water partition coefficient (Wildman–Crippen LogP) is 3.96. The Morgan fingerprint density at radius 3 is 2.33 bits per heavy atom. The molecule has 0 saturated carbocycles. The van der Waals surface area contributed by atoms with E-state index in [0.717, 1.165) is 5.56 Å². The first kappa shape index (κ1) is 12.4. The Morgan fingerprint density at radius 2 is 1.67 bits per heavy atom. The van der Waals surface area contributed by atoms with E-state index in [-0.39, 0.29) is 0 Å². The molecule has 0 spiro atoms. The van der Waals surface area contributed by atoms with Crippen molar-refractivity contribution in [3.63, 3.8) is 0 Å². The van der Waals surface area contributed by atoms with E-state index in [4.69, 9.17) is 16.3 Å². The van der Waals surface area contributed by atoms with E-state index in [2.05, 4.69) is 0 Å². The van der Waals surface area contributed by atoms with Gasteiger partial charge in [-0.15, -0.1) is 0 Å². The van der Waals surface area contributed by atoms with Crippen LogP contribution in [0.1, 0.15) is 5.56 Å². The van der Waals surface area contributed by atoms with E-state index in [9.17, 15) is 4.79 Å². The highest BCUT2D eigenvalue weighted by atomic mass is 35.5. The summed E-state index contributed by atoms with van der Waals surface area (Å²) >= 11 is 5.73. The van der Waals surface area contributed by atoms with Crippen molar-refractivity contribution in [2.45, 2.75) is 0 Å². The zero-order valence-corrected chi connectivity index (χ0v) is 10.3. The summed E-state index contributed by atoms with van der Waals surface area (Å²) in [7, 11) is 0. The molecule has 0 saturated heterocycles. The summed E-state index contributed by atoms with van der Waals surface area (Å²) in [4.78, 5) is 11.5. The first-order valence-electron chi connectivity index (χ1n) is 5.44. The van der Waals surface area contributed by atoms with Crippen molar-refractivity contribution >= 4 is 23.6 Å². The zero-order chi connectivity index (χ0) is 12.8. The minimum absolute atomic E-state index is 0.416. The normalized spacial score (nSPS) is 10.5. The number of carbonyl (C=O) groups is 1. The third-order valence-electron chi connectivity index (χ3n) is 2.24. The summed E-state index contributed by atoms with van der Waals surface area (Å²) in [5, 5.41) is 0.606. The minimum Gasteiger partial charge on any atom is -0.423 e. The molecule has 0 radical (unpaired) electrons. The summed E-state index contributed by atoms with van der Waals surface area (Å²) in [6.07, 6.45) is 3.10. The first-order chi connectivity index (χ1) is 8.74. The van der Waals surface area contributed by atoms with Gasteiger partial charge in [-0.25, -0.2) is 4.79 Å². The Kier molecular flexibility index (Phi) is 4.15. The molecule has 2 rings (SSSR count). The zero-order valence-electron chi connectivity index (χ0n) is 9.55. The van der Waals surface area contributed by atoms with Crippen LogP contribution in [0.4, 0.5) is 0 Å². The fourth-order valence-electron chi connectivity index (χ4n) is 1.38. The van der Waals surface area contributed by atoms with E-state index >= 15 is 0 Å². The average Bonchev–Trinajstić information content (AvgIpc) is 2.40. The van der Waals surface area contributed by atoms with E-state index in [1.54, 1.807) is 30.3 Å². The molecule has 0 amide bonds. The number of benzene rings is 2. The maximum atomic E-state index is 11.5. The predicted molar refractivity (Wildman–Crippen MR) is 72.6 cm³/mol. The van der Waals surface area contributed by atoms with E-state index < -0.39 is 5.97 Å². The van der Waals surface area contributed by atoms with Crippen LogP contribution in [-0.2, 0) is 4.79 Å². The van der Waals surface area contributed by atoms with Gasteiger partial charge in [0, 0.05) is 11.1 Å². The molecule has 2 aromatic carbocycles. The smallest absolute Gasteiger partial charge is 0.336 e. The second kappa shape index (κ2) is 6.03. The topological polar surface area (TPSA) is 26.3 Å². The molecule has 2 aromatic rings. The quantitative estimate of drug-likeness (QED) is 0.473. The van der Waals surface area contributed by atoms with Gasteiger partial charge in [-0.3, -0.25) is 0 Å². The van der Waals surface area contributed by atoms with Gasteiger partial charge >= 0.3 is 5.97 Å². The molecule has 0 aromatic heterocycles. The number of esters is 1. The molecule has 0 heterocycles. The van der Waals surface area contributed by atoms with Gasteiger partial charge in [-0.2, -0.15) is 0 Å². The molecular weight excluding hydrogens is 248 g/mol. The first-order valence-corrected chi connectivity index (χ1v) is 5.82. The van der Waals surface area contributed by atoms with Crippen LogP contribution in [0.15, 0.2) is 60.7 Å². The lowest BCUT2D eigenvalue weighted by molar-refractivity contribution is -0.128. The molecule has 0 aliphatic heterocycles. The lowest BCUT2D eigenvalue weighted by atomic mass is 10.2. The highest BCUT2D eigenvalue weighted by Crippen LogP contribution is 2.15. The Balaban J connectivity index is 1.97. The van der Waals surface area contributed by atoms with Gasteiger partial charge in [0.05, 0.1) is 0 Å². The number of hydrogen-bond donors (Lipinski definition) is 0. The Hall–Kier alpha value is -2.06. The largest absolute Gasteiger partial charge is 0.423 e. The Labute approximate surface area is 110 Å². The number of hydrogen-bond acceptors (Lipinski definition) is 2. The summed E-state index contributed by atoms with van der Waals surface area (Å²) in [6, 6.07) is 16.2. The number of halogens is 1. The van der Waals surface area contributed by atoms with Crippen LogP contribution in [0.25, 0.3) is 6.08 Å². The molecule has 3 heteroatoms. The fourth-order valence-corrected chi connectivity index (χ4v) is 1.51. The van der Waals surface area contributed by atoms with Gasteiger partial charge in [-0.1, -0.05) is 41.9 Å². The Bertz CT molecular complexity index is 544. The molecule has 2 nitrogen and oxygen atoms in total. The molecule has 0 fully saturated rings. The van der Waals surface area contributed by atoms with Gasteiger partial charge < -0.3 is 4.74 Å². The van der Waals surface area contributed by atoms with Crippen LogP contribution in [-0.4, -0.2) is 5.97 Å². The maximum Gasteiger partial charge on any atom is 0.336 e. The van der Waals surface area contributed by atoms with Crippen molar-refractivity contribution in [2.24, 2.45) is 0 Å². The van der Waals surface area contributed by atoms with Gasteiger partial charge in [0.2, 0.25) is 0 Å². The van der Waals surface area contributed by atoms with Crippen molar-refractivity contribution in [1.82, 2.24) is 0 Å². The molecule has 0 bridgehead atoms. The summed E-state index contributed by atoms with van der Waals surface area (Å²) < 4.78 is 5.11. The van der Waals surface area contributed by atoms with Crippen molar-refractivity contribution in [3.8, 4) is 5.75 Å². The standard InChI is InChI=1S/C15H11ClO2/c16-13-7-9-14(10-8-13)18-15(17)11-6-12-4-2-1-3-5-12/h1-11H/b11-6-. The SMILES string of the molecule is O=C(/C=C\c1ccccc1)Oc1ccc(Cl)cc1. The van der Waals surface area contributed by atoms with Gasteiger partial charge in [0.25, 0.3) is 0 Å². The summed E-state index contributed by atoms with van der Waals surface area (Å²) in [5.41, 5.74) is 0.950. The third-order valence-corrected chi connectivity index (χ3v) is 2.50. The molecule has 0 atom stereocenters. The highest BCUT2D eigenvalue weighted by molar-refractivity contribution is 6.30. The van der Waals surface area contributed by atoms with Crippen molar-refractivity contribution < 1.29 is 9.53 Å². The minimum atomic E-state index is -0.416. The highest BCUT2D eigenvalue weighted by Gasteiger charge is 1.99.